The van der Waals surface area contributed by atoms with E-state index in [2.05, 4.69) is 15.1 Å². The topological polar surface area (TPSA) is 43.6 Å². The molecule has 3 rings (SSSR count). The van der Waals surface area contributed by atoms with E-state index in [1.54, 1.807) is 37.5 Å². The van der Waals surface area contributed by atoms with Crippen LogP contribution in [0.1, 0.15) is 5.56 Å². The van der Waals surface area contributed by atoms with E-state index in [0.717, 1.165) is 6.07 Å². The average molecular weight is 304 g/mol. The molecule has 0 aliphatic heterocycles. The summed E-state index contributed by atoms with van der Waals surface area (Å²) in [4.78, 5) is 8.32. The zero-order valence-electron chi connectivity index (χ0n) is 11.5. The summed E-state index contributed by atoms with van der Waals surface area (Å²) in [6, 6.07) is 10.5. The van der Waals surface area contributed by atoms with Gasteiger partial charge in [0, 0.05) is 18.8 Å². The first-order chi connectivity index (χ1) is 10.5. The van der Waals surface area contributed by atoms with Crippen LogP contribution in [0.3, 0.4) is 0 Å². The van der Waals surface area contributed by atoms with Gasteiger partial charge in [0.1, 0.15) is 5.69 Å². The van der Waals surface area contributed by atoms with Gasteiger partial charge in [-0.05, 0) is 18.2 Å². The SMILES string of the molecule is Cn1nc(-c2ccccn2)nc1-c1ccccc1C(F)(F)F. The van der Waals surface area contributed by atoms with Crippen LogP contribution in [0.15, 0.2) is 48.7 Å². The molecule has 0 fully saturated rings. The molecule has 4 nitrogen and oxygen atoms in total. The van der Waals surface area contributed by atoms with Gasteiger partial charge in [-0.2, -0.15) is 13.2 Å². The van der Waals surface area contributed by atoms with Gasteiger partial charge in [0.15, 0.2) is 11.6 Å². The molecule has 0 aliphatic carbocycles. The van der Waals surface area contributed by atoms with Gasteiger partial charge >= 0.3 is 6.18 Å². The Morgan fingerprint density at radius 3 is 2.41 bits per heavy atom. The lowest BCUT2D eigenvalue weighted by Gasteiger charge is -2.11. The third-order valence-corrected chi connectivity index (χ3v) is 3.13. The highest BCUT2D eigenvalue weighted by atomic mass is 19.4. The van der Waals surface area contributed by atoms with Gasteiger partial charge in [0.25, 0.3) is 0 Å². The normalized spacial score (nSPS) is 11.6. The number of nitrogens with zero attached hydrogens (tertiary/aromatic N) is 4. The molecule has 0 bridgehead atoms. The summed E-state index contributed by atoms with van der Waals surface area (Å²) in [7, 11) is 1.56. The summed E-state index contributed by atoms with van der Waals surface area (Å²) in [5, 5.41) is 4.16. The molecule has 0 atom stereocenters. The summed E-state index contributed by atoms with van der Waals surface area (Å²) in [5.41, 5.74) is -0.237. The fourth-order valence-electron chi connectivity index (χ4n) is 2.15. The maximum atomic E-state index is 13.1. The molecule has 0 amide bonds. The smallest absolute Gasteiger partial charge is 0.253 e. The predicted octanol–water partition coefficient (Wildman–Crippen LogP) is 3.56. The maximum absolute atomic E-state index is 13.1. The number of hydrogen-bond donors (Lipinski definition) is 0. The molecule has 2 heterocycles. The van der Waals surface area contributed by atoms with Crippen LogP contribution in [0.4, 0.5) is 13.2 Å². The van der Waals surface area contributed by atoms with Crippen molar-refractivity contribution >= 4 is 0 Å². The van der Waals surface area contributed by atoms with Gasteiger partial charge in [0.05, 0.1) is 5.56 Å². The van der Waals surface area contributed by atoms with Gasteiger partial charge in [-0.1, -0.05) is 24.3 Å². The molecule has 3 aromatic rings. The molecule has 0 unspecified atom stereocenters. The quantitative estimate of drug-likeness (QED) is 0.727. The highest BCUT2D eigenvalue weighted by Gasteiger charge is 2.34. The fraction of sp³-hybridized carbons (Fsp3) is 0.133. The molecule has 22 heavy (non-hydrogen) atoms. The van der Waals surface area contributed by atoms with E-state index in [4.69, 9.17) is 0 Å². The molecule has 0 N–H and O–H groups in total. The number of hydrogen-bond acceptors (Lipinski definition) is 3. The Bertz CT molecular complexity index is 794. The number of aromatic nitrogens is 4. The van der Waals surface area contributed by atoms with Crippen molar-refractivity contribution in [3.63, 3.8) is 0 Å². The Morgan fingerprint density at radius 1 is 1.00 bits per heavy atom. The first-order valence-corrected chi connectivity index (χ1v) is 6.46. The highest BCUT2D eigenvalue weighted by Crippen LogP contribution is 2.36. The number of aryl methyl sites for hydroxylation is 1. The van der Waals surface area contributed by atoms with E-state index < -0.39 is 11.7 Å². The molecule has 1 aromatic carbocycles. The largest absolute Gasteiger partial charge is 0.417 e. The maximum Gasteiger partial charge on any atom is 0.417 e. The fourth-order valence-corrected chi connectivity index (χ4v) is 2.15. The molecule has 0 spiro atoms. The zero-order chi connectivity index (χ0) is 15.7. The molecule has 2 aromatic heterocycles. The Morgan fingerprint density at radius 2 is 1.73 bits per heavy atom. The summed E-state index contributed by atoms with van der Waals surface area (Å²) in [6.07, 6.45) is -2.87. The molecular weight excluding hydrogens is 293 g/mol. The van der Waals surface area contributed by atoms with Crippen molar-refractivity contribution in [3.05, 3.63) is 54.2 Å². The Labute approximate surface area is 124 Å². The van der Waals surface area contributed by atoms with E-state index in [1.165, 1.54) is 16.8 Å². The van der Waals surface area contributed by atoms with Crippen LogP contribution in [0.25, 0.3) is 22.9 Å². The van der Waals surface area contributed by atoms with Crippen molar-refractivity contribution in [1.82, 2.24) is 19.7 Å². The minimum absolute atomic E-state index is 0.00724. The molecule has 7 heteroatoms. The van der Waals surface area contributed by atoms with Crippen LogP contribution >= 0.6 is 0 Å². The first kappa shape index (κ1) is 14.2. The molecule has 0 aliphatic rings. The number of pyridine rings is 1. The van der Waals surface area contributed by atoms with Gasteiger partial charge in [-0.15, -0.1) is 5.10 Å². The summed E-state index contributed by atoms with van der Waals surface area (Å²) >= 11 is 0. The minimum Gasteiger partial charge on any atom is -0.253 e. The van der Waals surface area contributed by atoms with Crippen LogP contribution in [-0.4, -0.2) is 19.7 Å². The van der Waals surface area contributed by atoms with Crippen LogP contribution < -0.4 is 0 Å². The van der Waals surface area contributed by atoms with E-state index >= 15 is 0 Å². The third-order valence-electron chi connectivity index (χ3n) is 3.13. The number of halogens is 3. The van der Waals surface area contributed by atoms with Crippen LogP contribution in [-0.2, 0) is 13.2 Å². The van der Waals surface area contributed by atoms with Gasteiger partial charge in [0.2, 0.25) is 0 Å². The minimum atomic E-state index is -4.45. The Kier molecular flexibility index (Phi) is 3.40. The zero-order valence-corrected chi connectivity index (χ0v) is 11.5. The molecular formula is C15H11F3N4. The third kappa shape index (κ3) is 2.57. The van der Waals surface area contributed by atoms with Crippen LogP contribution in [0.2, 0.25) is 0 Å². The van der Waals surface area contributed by atoms with E-state index in [1.807, 2.05) is 0 Å². The second-order valence-corrected chi connectivity index (χ2v) is 4.64. The van der Waals surface area contributed by atoms with Gasteiger partial charge in [-0.25, -0.2) is 9.67 Å². The van der Waals surface area contributed by atoms with Crippen molar-refractivity contribution in [2.24, 2.45) is 7.05 Å². The van der Waals surface area contributed by atoms with E-state index in [-0.39, 0.29) is 17.2 Å². The monoisotopic (exact) mass is 304 g/mol. The Balaban J connectivity index is 2.13. The second kappa shape index (κ2) is 5.25. The van der Waals surface area contributed by atoms with E-state index in [9.17, 15) is 13.2 Å². The summed E-state index contributed by atoms with van der Waals surface area (Å²) < 4.78 is 40.7. The van der Waals surface area contributed by atoms with Crippen LogP contribution in [0, 0.1) is 0 Å². The molecule has 0 radical (unpaired) electrons. The van der Waals surface area contributed by atoms with Crippen molar-refractivity contribution in [1.29, 1.82) is 0 Å². The molecule has 112 valence electrons. The lowest BCUT2D eigenvalue weighted by atomic mass is 10.1. The van der Waals surface area contributed by atoms with E-state index in [0.29, 0.717) is 5.69 Å². The van der Waals surface area contributed by atoms with Crippen molar-refractivity contribution in [2.75, 3.05) is 0 Å². The van der Waals surface area contributed by atoms with Gasteiger partial charge < -0.3 is 0 Å². The number of alkyl halides is 3. The molecule has 0 saturated carbocycles. The van der Waals surface area contributed by atoms with Crippen molar-refractivity contribution < 1.29 is 13.2 Å². The standard InChI is InChI=1S/C15H11F3N4/c1-22-14(10-6-2-3-7-11(10)15(16,17)18)20-13(21-22)12-8-4-5-9-19-12/h2-9H,1H3. The lowest BCUT2D eigenvalue weighted by Crippen LogP contribution is -2.08. The molecule has 0 saturated heterocycles. The second-order valence-electron chi connectivity index (χ2n) is 4.64. The predicted molar refractivity (Wildman–Crippen MR) is 74.7 cm³/mol. The van der Waals surface area contributed by atoms with Crippen molar-refractivity contribution in [2.45, 2.75) is 6.18 Å². The lowest BCUT2D eigenvalue weighted by molar-refractivity contribution is -0.137. The average Bonchev–Trinajstić information content (AvgIpc) is 2.89. The van der Waals surface area contributed by atoms with Crippen molar-refractivity contribution in [3.8, 4) is 22.9 Å². The summed E-state index contributed by atoms with van der Waals surface area (Å²) in [6.45, 7) is 0. The number of benzene rings is 1. The Hall–Kier alpha value is -2.70. The summed E-state index contributed by atoms with van der Waals surface area (Å²) in [5.74, 6) is 0.434. The van der Waals surface area contributed by atoms with Crippen LogP contribution in [0.5, 0.6) is 0 Å². The first-order valence-electron chi connectivity index (χ1n) is 6.46. The van der Waals surface area contributed by atoms with Gasteiger partial charge in [-0.3, -0.25) is 4.98 Å². The number of rotatable bonds is 2. The highest BCUT2D eigenvalue weighted by molar-refractivity contribution is 5.64.